The van der Waals surface area contributed by atoms with Crippen LogP contribution in [-0.4, -0.2) is 21.5 Å². The second kappa shape index (κ2) is 7.24. The van der Waals surface area contributed by atoms with Crippen molar-refractivity contribution >= 4 is 29.1 Å². The Bertz CT molecular complexity index is 1070. The predicted molar refractivity (Wildman–Crippen MR) is 109 cm³/mol. The number of halogens is 1. The zero-order valence-corrected chi connectivity index (χ0v) is 16.5. The summed E-state index contributed by atoms with van der Waals surface area (Å²) < 4.78 is 1.71. The Morgan fingerprint density at radius 3 is 2.68 bits per heavy atom. The van der Waals surface area contributed by atoms with Crippen LogP contribution in [0.3, 0.4) is 0 Å². The fourth-order valence-corrected chi connectivity index (χ4v) is 3.86. The Balaban J connectivity index is 1.79. The molecule has 1 atom stereocenters. The van der Waals surface area contributed by atoms with E-state index in [0.717, 1.165) is 23.4 Å². The van der Waals surface area contributed by atoms with Gasteiger partial charge in [-0.15, -0.1) is 0 Å². The van der Waals surface area contributed by atoms with E-state index in [1.165, 1.54) is 5.56 Å². The minimum absolute atomic E-state index is 0.0969. The van der Waals surface area contributed by atoms with Crippen LogP contribution in [0.5, 0.6) is 0 Å². The quantitative estimate of drug-likeness (QED) is 0.653. The zero-order chi connectivity index (χ0) is 19.8. The first-order valence-electron chi connectivity index (χ1n) is 9.26. The third kappa shape index (κ3) is 3.22. The predicted octanol–water partition coefficient (Wildman–Crippen LogP) is 4.71. The van der Waals surface area contributed by atoms with E-state index >= 15 is 0 Å². The number of fused-ring (bicyclic) bond motifs is 1. The van der Waals surface area contributed by atoms with E-state index in [0.29, 0.717) is 16.4 Å². The van der Waals surface area contributed by atoms with E-state index in [1.807, 2.05) is 31.2 Å². The van der Waals surface area contributed by atoms with E-state index in [4.69, 9.17) is 11.6 Å². The van der Waals surface area contributed by atoms with Crippen molar-refractivity contribution in [3.05, 3.63) is 75.9 Å². The molecular formula is C22H20ClN3O2. The SMILES string of the molecule is CCc1ccc(-n2nc(C)c3c2NC(=O)C[C@H]3C(=O)c2cccc(Cl)c2)cc1. The minimum atomic E-state index is -0.578. The lowest BCUT2D eigenvalue weighted by Gasteiger charge is -2.23. The molecule has 1 aliphatic heterocycles. The number of nitrogens with zero attached hydrogens (tertiary/aromatic N) is 2. The average Bonchev–Trinajstić information content (AvgIpc) is 3.03. The van der Waals surface area contributed by atoms with Crippen molar-refractivity contribution in [2.24, 2.45) is 0 Å². The molecule has 2 aromatic carbocycles. The molecule has 1 N–H and O–H groups in total. The van der Waals surface area contributed by atoms with Crippen molar-refractivity contribution in [1.82, 2.24) is 9.78 Å². The molecule has 4 rings (SSSR count). The molecule has 142 valence electrons. The smallest absolute Gasteiger partial charge is 0.226 e. The normalized spacial score (nSPS) is 15.8. The maximum atomic E-state index is 13.2. The van der Waals surface area contributed by atoms with E-state index < -0.39 is 5.92 Å². The summed E-state index contributed by atoms with van der Waals surface area (Å²) in [7, 11) is 0. The first-order valence-corrected chi connectivity index (χ1v) is 9.64. The standard InChI is InChI=1S/C22H20ClN3O2/c1-3-14-7-9-17(10-8-14)26-22-20(13(2)25-26)18(12-19(27)24-22)21(28)15-5-4-6-16(23)11-15/h4-11,18H,3,12H2,1-2H3,(H,24,27)/t18-/m1/s1. The molecule has 1 aliphatic rings. The van der Waals surface area contributed by atoms with Gasteiger partial charge in [-0.3, -0.25) is 9.59 Å². The van der Waals surface area contributed by atoms with Crippen LogP contribution in [0.2, 0.25) is 5.02 Å². The zero-order valence-electron chi connectivity index (χ0n) is 15.7. The minimum Gasteiger partial charge on any atom is -0.310 e. The van der Waals surface area contributed by atoms with Gasteiger partial charge in [-0.05, 0) is 43.2 Å². The molecular weight excluding hydrogens is 374 g/mol. The molecule has 0 fully saturated rings. The summed E-state index contributed by atoms with van der Waals surface area (Å²) in [6.45, 7) is 3.96. The van der Waals surface area contributed by atoms with Crippen LogP contribution >= 0.6 is 11.6 Å². The number of hydrogen-bond acceptors (Lipinski definition) is 3. The highest BCUT2D eigenvalue weighted by Crippen LogP contribution is 2.38. The number of hydrogen-bond donors (Lipinski definition) is 1. The van der Waals surface area contributed by atoms with Crippen molar-refractivity contribution < 1.29 is 9.59 Å². The highest BCUT2D eigenvalue weighted by Gasteiger charge is 2.36. The van der Waals surface area contributed by atoms with E-state index in [-0.39, 0.29) is 18.1 Å². The van der Waals surface area contributed by atoms with Gasteiger partial charge in [-0.2, -0.15) is 5.10 Å². The van der Waals surface area contributed by atoms with Crippen LogP contribution in [0, 0.1) is 6.92 Å². The number of nitrogens with one attached hydrogen (secondary N) is 1. The fraction of sp³-hybridized carbons (Fsp3) is 0.227. The summed E-state index contributed by atoms with van der Waals surface area (Å²) in [4.78, 5) is 25.6. The largest absolute Gasteiger partial charge is 0.310 e. The number of aromatic nitrogens is 2. The Hall–Kier alpha value is -2.92. The van der Waals surface area contributed by atoms with Crippen LogP contribution in [0.15, 0.2) is 48.5 Å². The maximum absolute atomic E-state index is 13.2. The lowest BCUT2D eigenvalue weighted by atomic mass is 9.85. The first kappa shape index (κ1) is 18.4. The maximum Gasteiger partial charge on any atom is 0.226 e. The molecule has 0 bridgehead atoms. The number of carbonyl (C=O) groups is 2. The third-order valence-corrected chi connectivity index (χ3v) is 5.35. The van der Waals surface area contributed by atoms with E-state index in [9.17, 15) is 9.59 Å². The molecule has 0 spiro atoms. The molecule has 0 saturated carbocycles. The van der Waals surface area contributed by atoms with Crippen molar-refractivity contribution in [1.29, 1.82) is 0 Å². The van der Waals surface area contributed by atoms with E-state index in [1.54, 1.807) is 28.9 Å². The summed E-state index contributed by atoms with van der Waals surface area (Å²) in [5.41, 5.74) is 4.06. The summed E-state index contributed by atoms with van der Waals surface area (Å²) in [5.74, 6) is -0.328. The molecule has 6 heteroatoms. The van der Waals surface area contributed by atoms with E-state index in [2.05, 4.69) is 17.3 Å². The van der Waals surface area contributed by atoms with Crippen LogP contribution in [-0.2, 0) is 11.2 Å². The topological polar surface area (TPSA) is 64.0 Å². The molecule has 5 nitrogen and oxygen atoms in total. The summed E-state index contributed by atoms with van der Waals surface area (Å²) in [6.07, 6.45) is 1.04. The summed E-state index contributed by atoms with van der Waals surface area (Å²) in [6, 6.07) is 14.9. The lowest BCUT2D eigenvalue weighted by Crippen LogP contribution is -2.28. The Labute approximate surface area is 168 Å². The summed E-state index contributed by atoms with van der Waals surface area (Å²) >= 11 is 6.05. The molecule has 28 heavy (non-hydrogen) atoms. The van der Waals surface area contributed by atoms with Gasteiger partial charge in [0.2, 0.25) is 5.91 Å². The van der Waals surface area contributed by atoms with Gasteiger partial charge < -0.3 is 5.32 Å². The molecule has 3 aromatic rings. The monoisotopic (exact) mass is 393 g/mol. The highest BCUT2D eigenvalue weighted by atomic mass is 35.5. The molecule has 0 aliphatic carbocycles. The highest BCUT2D eigenvalue weighted by molar-refractivity contribution is 6.31. The van der Waals surface area contributed by atoms with Gasteiger partial charge in [0.15, 0.2) is 5.78 Å². The van der Waals surface area contributed by atoms with Gasteiger partial charge in [0.25, 0.3) is 0 Å². The van der Waals surface area contributed by atoms with Crippen molar-refractivity contribution in [2.45, 2.75) is 32.6 Å². The van der Waals surface area contributed by atoms with Gasteiger partial charge >= 0.3 is 0 Å². The Morgan fingerprint density at radius 2 is 2.00 bits per heavy atom. The van der Waals surface area contributed by atoms with Gasteiger partial charge in [-0.1, -0.05) is 42.8 Å². The second-order valence-electron chi connectivity index (χ2n) is 6.96. The molecule has 0 unspecified atom stereocenters. The summed E-state index contributed by atoms with van der Waals surface area (Å²) in [5, 5.41) is 8.02. The van der Waals surface area contributed by atoms with Gasteiger partial charge in [0.1, 0.15) is 5.82 Å². The number of benzene rings is 2. The number of aryl methyl sites for hydroxylation is 2. The van der Waals surface area contributed by atoms with Crippen LogP contribution in [0.4, 0.5) is 5.82 Å². The molecule has 0 radical (unpaired) electrons. The number of carbonyl (C=O) groups excluding carboxylic acids is 2. The molecule has 1 aromatic heterocycles. The van der Waals surface area contributed by atoms with Crippen molar-refractivity contribution in [2.75, 3.05) is 5.32 Å². The van der Waals surface area contributed by atoms with Crippen molar-refractivity contribution in [3.63, 3.8) is 0 Å². The van der Waals surface area contributed by atoms with Gasteiger partial charge in [0.05, 0.1) is 17.3 Å². The molecule has 1 amide bonds. The average molecular weight is 394 g/mol. The van der Waals surface area contributed by atoms with Crippen molar-refractivity contribution in [3.8, 4) is 5.69 Å². The van der Waals surface area contributed by atoms with Crippen LogP contribution < -0.4 is 5.32 Å². The van der Waals surface area contributed by atoms with Gasteiger partial charge in [-0.25, -0.2) is 4.68 Å². The van der Waals surface area contributed by atoms with Gasteiger partial charge in [0, 0.05) is 22.6 Å². The number of ketones is 1. The lowest BCUT2D eigenvalue weighted by molar-refractivity contribution is -0.116. The molecule has 0 saturated heterocycles. The molecule has 2 heterocycles. The first-order chi connectivity index (χ1) is 13.5. The second-order valence-corrected chi connectivity index (χ2v) is 7.40. The number of anilines is 1. The number of Topliss-reactive ketones (excluding diaryl/α,β-unsaturated/α-hetero) is 1. The third-order valence-electron chi connectivity index (χ3n) is 5.12. The van der Waals surface area contributed by atoms with Crippen LogP contribution in [0.25, 0.3) is 5.69 Å². The van der Waals surface area contributed by atoms with Crippen LogP contribution in [0.1, 0.15) is 46.4 Å². The Kier molecular flexibility index (Phi) is 4.77. The Morgan fingerprint density at radius 1 is 1.25 bits per heavy atom. The fourth-order valence-electron chi connectivity index (χ4n) is 3.67. The number of amides is 1. The number of rotatable bonds is 4.